The van der Waals surface area contributed by atoms with Crippen molar-refractivity contribution >= 4 is 16.8 Å². The lowest BCUT2D eigenvalue weighted by atomic mass is 10.1. The SMILES string of the molecule is O=C(Cc1cccc(F)c1)Nn1c(C2CC2)nc2cc(OC(F)(F)F)ccc2c1=O. The zero-order valence-corrected chi connectivity index (χ0v) is 15.4. The van der Waals surface area contributed by atoms with E-state index in [1.807, 2.05) is 0 Å². The molecule has 4 rings (SSSR count). The van der Waals surface area contributed by atoms with E-state index in [1.54, 1.807) is 6.07 Å². The molecule has 6 nitrogen and oxygen atoms in total. The normalized spacial score (nSPS) is 14.0. The Bertz CT molecular complexity index is 1190. The van der Waals surface area contributed by atoms with Gasteiger partial charge in [-0.2, -0.15) is 0 Å². The van der Waals surface area contributed by atoms with E-state index < -0.39 is 29.4 Å². The Hall–Kier alpha value is -3.43. The van der Waals surface area contributed by atoms with Gasteiger partial charge >= 0.3 is 6.36 Å². The monoisotopic (exact) mass is 421 g/mol. The van der Waals surface area contributed by atoms with E-state index >= 15 is 0 Å². The summed E-state index contributed by atoms with van der Waals surface area (Å²) in [4.78, 5) is 29.6. The average Bonchev–Trinajstić information content (AvgIpc) is 3.47. The number of hydrogen-bond acceptors (Lipinski definition) is 4. The van der Waals surface area contributed by atoms with Crippen LogP contribution in [-0.4, -0.2) is 21.9 Å². The Morgan fingerprint density at radius 2 is 1.97 bits per heavy atom. The molecule has 1 aliphatic carbocycles. The van der Waals surface area contributed by atoms with Gasteiger partial charge in [-0.1, -0.05) is 12.1 Å². The van der Waals surface area contributed by atoms with Crippen molar-refractivity contribution < 1.29 is 27.1 Å². The molecule has 1 heterocycles. The van der Waals surface area contributed by atoms with Crippen LogP contribution in [0.3, 0.4) is 0 Å². The van der Waals surface area contributed by atoms with Crippen molar-refractivity contribution in [3.63, 3.8) is 0 Å². The Kier molecular flexibility index (Phi) is 4.92. The number of amides is 1. The minimum Gasteiger partial charge on any atom is -0.406 e. The molecule has 2 aromatic carbocycles. The largest absolute Gasteiger partial charge is 0.573 e. The van der Waals surface area contributed by atoms with Crippen LogP contribution >= 0.6 is 0 Å². The second kappa shape index (κ2) is 7.43. The highest BCUT2D eigenvalue weighted by Gasteiger charge is 2.32. The third-order valence-electron chi connectivity index (χ3n) is 4.53. The summed E-state index contributed by atoms with van der Waals surface area (Å²) in [5.74, 6) is -1.37. The van der Waals surface area contributed by atoms with Gasteiger partial charge in [-0.25, -0.2) is 14.1 Å². The third-order valence-corrected chi connectivity index (χ3v) is 4.53. The topological polar surface area (TPSA) is 73.2 Å². The highest BCUT2D eigenvalue weighted by atomic mass is 19.4. The summed E-state index contributed by atoms with van der Waals surface area (Å²) in [7, 11) is 0. The molecule has 3 aromatic rings. The summed E-state index contributed by atoms with van der Waals surface area (Å²) in [6.07, 6.45) is -3.56. The van der Waals surface area contributed by atoms with E-state index in [2.05, 4.69) is 15.1 Å². The van der Waals surface area contributed by atoms with Gasteiger partial charge in [0.1, 0.15) is 17.4 Å². The number of fused-ring (bicyclic) bond motifs is 1. The van der Waals surface area contributed by atoms with Crippen LogP contribution in [0.15, 0.2) is 47.3 Å². The first-order valence-corrected chi connectivity index (χ1v) is 9.06. The summed E-state index contributed by atoms with van der Waals surface area (Å²) in [5, 5.41) is 0.0278. The van der Waals surface area contributed by atoms with Crippen molar-refractivity contribution in [1.29, 1.82) is 0 Å². The van der Waals surface area contributed by atoms with E-state index in [9.17, 15) is 27.2 Å². The van der Waals surface area contributed by atoms with E-state index in [0.717, 1.165) is 35.7 Å². The van der Waals surface area contributed by atoms with Crippen molar-refractivity contribution in [2.45, 2.75) is 31.5 Å². The lowest BCUT2D eigenvalue weighted by Gasteiger charge is -2.15. The number of nitrogens with one attached hydrogen (secondary N) is 1. The van der Waals surface area contributed by atoms with E-state index in [0.29, 0.717) is 5.56 Å². The van der Waals surface area contributed by atoms with Crippen molar-refractivity contribution in [2.75, 3.05) is 5.43 Å². The molecule has 10 heteroatoms. The van der Waals surface area contributed by atoms with Gasteiger partial charge in [0.05, 0.1) is 17.3 Å². The van der Waals surface area contributed by atoms with Gasteiger partial charge < -0.3 is 4.74 Å². The van der Waals surface area contributed by atoms with Crippen LogP contribution < -0.4 is 15.7 Å². The molecule has 1 fully saturated rings. The van der Waals surface area contributed by atoms with Crippen molar-refractivity contribution in [1.82, 2.24) is 9.66 Å². The Labute approximate surface area is 167 Å². The predicted octanol–water partition coefficient (Wildman–Crippen LogP) is 3.62. The van der Waals surface area contributed by atoms with Crippen LogP contribution in [-0.2, 0) is 11.2 Å². The molecule has 156 valence electrons. The zero-order chi connectivity index (χ0) is 21.5. The van der Waals surface area contributed by atoms with Crippen LogP contribution in [0.2, 0.25) is 0 Å². The predicted molar refractivity (Wildman–Crippen MR) is 99.1 cm³/mol. The van der Waals surface area contributed by atoms with Gasteiger partial charge in [-0.3, -0.25) is 15.0 Å². The number of carbonyl (C=O) groups is 1. The molecule has 1 amide bonds. The molecule has 30 heavy (non-hydrogen) atoms. The molecule has 0 unspecified atom stereocenters. The number of benzene rings is 2. The number of aromatic nitrogens is 2. The van der Waals surface area contributed by atoms with Gasteiger partial charge in [0.25, 0.3) is 5.56 Å². The van der Waals surface area contributed by atoms with Crippen molar-refractivity contribution in [3.05, 3.63) is 70.0 Å². The van der Waals surface area contributed by atoms with E-state index in [1.165, 1.54) is 18.2 Å². The van der Waals surface area contributed by atoms with Crippen LogP contribution in [0.4, 0.5) is 17.6 Å². The lowest BCUT2D eigenvalue weighted by molar-refractivity contribution is -0.274. The molecule has 1 N–H and O–H groups in total. The van der Waals surface area contributed by atoms with Crippen molar-refractivity contribution in [2.24, 2.45) is 0 Å². The first-order chi connectivity index (χ1) is 14.2. The van der Waals surface area contributed by atoms with Gasteiger partial charge in [0.2, 0.25) is 5.91 Å². The molecule has 0 atom stereocenters. The molecule has 1 aliphatic rings. The first-order valence-electron chi connectivity index (χ1n) is 9.06. The molecule has 0 saturated heterocycles. The summed E-state index contributed by atoms with van der Waals surface area (Å²) in [5.41, 5.74) is 2.33. The second-order valence-corrected chi connectivity index (χ2v) is 6.95. The summed E-state index contributed by atoms with van der Waals surface area (Å²) in [6, 6.07) is 8.72. The number of ether oxygens (including phenoxy) is 1. The highest BCUT2D eigenvalue weighted by molar-refractivity contribution is 5.86. The maximum Gasteiger partial charge on any atom is 0.573 e. The quantitative estimate of drug-likeness (QED) is 0.639. The summed E-state index contributed by atoms with van der Waals surface area (Å²) >= 11 is 0. The van der Waals surface area contributed by atoms with Gasteiger partial charge in [0, 0.05) is 12.0 Å². The van der Waals surface area contributed by atoms with Crippen molar-refractivity contribution in [3.8, 4) is 5.75 Å². The number of hydrogen-bond donors (Lipinski definition) is 1. The van der Waals surface area contributed by atoms with Crippen LogP contribution in [0.1, 0.15) is 30.1 Å². The smallest absolute Gasteiger partial charge is 0.406 e. The Balaban J connectivity index is 1.67. The molecular weight excluding hydrogens is 406 g/mol. The van der Waals surface area contributed by atoms with Gasteiger partial charge in [-0.05, 0) is 42.7 Å². The summed E-state index contributed by atoms with van der Waals surface area (Å²) in [6.45, 7) is 0. The average molecular weight is 421 g/mol. The molecule has 0 bridgehead atoms. The third kappa shape index (κ3) is 4.42. The van der Waals surface area contributed by atoms with E-state index in [4.69, 9.17) is 0 Å². The second-order valence-electron chi connectivity index (χ2n) is 6.95. The Morgan fingerprint density at radius 1 is 1.20 bits per heavy atom. The number of nitrogens with zero attached hydrogens (tertiary/aromatic N) is 2. The minimum atomic E-state index is -4.87. The van der Waals surface area contributed by atoms with Gasteiger partial charge in [0.15, 0.2) is 0 Å². The number of rotatable bonds is 5. The number of alkyl halides is 3. The first kappa shape index (κ1) is 19.9. The molecule has 0 spiro atoms. The lowest BCUT2D eigenvalue weighted by Crippen LogP contribution is -2.37. The number of carbonyl (C=O) groups excluding carboxylic acids is 1. The fourth-order valence-electron chi connectivity index (χ4n) is 3.10. The molecule has 0 radical (unpaired) electrons. The van der Waals surface area contributed by atoms with Crippen LogP contribution in [0.5, 0.6) is 5.75 Å². The van der Waals surface area contributed by atoms with Gasteiger partial charge in [-0.15, -0.1) is 13.2 Å². The highest BCUT2D eigenvalue weighted by Crippen LogP contribution is 2.39. The van der Waals surface area contributed by atoms with Crippen LogP contribution in [0, 0.1) is 5.82 Å². The molecule has 1 saturated carbocycles. The summed E-state index contributed by atoms with van der Waals surface area (Å²) < 4.78 is 55.6. The van der Waals surface area contributed by atoms with E-state index in [-0.39, 0.29) is 29.1 Å². The molecular formula is C20H15F4N3O3. The Morgan fingerprint density at radius 3 is 2.63 bits per heavy atom. The van der Waals surface area contributed by atoms with Crippen LogP contribution in [0.25, 0.3) is 10.9 Å². The zero-order valence-electron chi connectivity index (χ0n) is 15.4. The fraction of sp³-hybridized carbons (Fsp3) is 0.250. The molecule has 1 aromatic heterocycles. The maximum atomic E-state index is 13.3. The fourth-order valence-corrected chi connectivity index (χ4v) is 3.10. The number of halogens is 4. The molecule has 0 aliphatic heterocycles. The standard InChI is InChI=1S/C20H15F4N3O3/c21-13-3-1-2-11(8-13)9-17(28)26-27-18(12-4-5-12)25-16-10-14(30-20(22,23)24)6-7-15(16)19(27)29/h1-3,6-8,10,12H,4-5,9H2,(H,26,28). The minimum absolute atomic E-state index is 0.0278. The maximum absolute atomic E-state index is 13.3.